The number of nitrogens with zero attached hydrogens (tertiary/aromatic N) is 5. The van der Waals surface area contributed by atoms with Crippen molar-refractivity contribution in [2.75, 3.05) is 20.2 Å². The number of likely N-dealkylation sites (tertiary alicyclic amines) is 1. The quantitative estimate of drug-likeness (QED) is 0.620. The zero-order valence-electron chi connectivity index (χ0n) is 17.9. The summed E-state index contributed by atoms with van der Waals surface area (Å²) in [5.74, 6) is 0.191. The molecule has 0 saturated carbocycles. The predicted octanol–water partition coefficient (Wildman–Crippen LogP) is 2.21. The molecule has 1 aliphatic rings. The number of rotatable bonds is 5. The van der Waals surface area contributed by atoms with Crippen molar-refractivity contribution in [3.05, 3.63) is 52.1 Å². The molecule has 0 aromatic carbocycles. The van der Waals surface area contributed by atoms with Gasteiger partial charge in [-0.3, -0.25) is 9.59 Å². The van der Waals surface area contributed by atoms with Gasteiger partial charge in [0.25, 0.3) is 5.91 Å². The molecule has 31 heavy (non-hydrogen) atoms. The first-order chi connectivity index (χ1) is 15.0. The van der Waals surface area contributed by atoms with Crippen molar-refractivity contribution in [1.29, 1.82) is 0 Å². The number of amides is 1. The second-order valence-corrected chi connectivity index (χ2v) is 7.47. The van der Waals surface area contributed by atoms with Crippen LogP contribution in [0.4, 0.5) is 0 Å². The largest absolute Gasteiger partial charge is 0.474 e. The number of carbonyl (C=O) groups is 1. The molecule has 0 bridgehead atoms. The number of fused-ring (bicyclic) bond motifs is 1. The maximum Gasteiger partial charge on any atom is 0.319 e. The van der Waals surface area contributed by atoms with Gasteiger partial charge in [0.05, 0.1) is 12.5 Å². The molecule has 9 heteroatoms. The van der Waals surface area contributed by atoms with Crippen molar-refractivity contribution in [3.63, 3.8) is 0 Å². The molecule has 4 rings (SSSR count). The summed E-state index contributed by atoms with van der Waals surface area (Å²) < 4.78 is 12.8. The van der Waals surface area contributed by atoms with Gasteiger partial charge in [-0.2, -0.15) is 4.98 Å². The molecule has 3 aromatic rings. The van der Waals surface area contributed by atoms with Crippen LogP contribution in [0, 0.1) is 6.92 Å². The van der Waals surface area contributed by atoms with Crippen molar-refractivity contribution in [1.82, 2.24) is 24.4 Å². The third-order valence-corrected chi connectivity index (χ3v) is 5.44. The Labute approximate surface area is 179 Å². The molecule has 162 valence electrons. The van der Waals surface area contributed by atoms with Gasteiger partial charge in [-0.25, -0.2) is 9.97 Å². The Hall–Kier alpha value is -3.49. The maximum atomic E-state index is 13.2. The zero-order valence-corrected chi connectivity index (χ0v) is 17.9. The van der Waals surface area contributed by atoms with Gasteiger partial charge < -0.3 is 18.9 Å². The van der Waals surface area contributed by atoms with E-state index in [2.05, 4.69) is 15.0 Å². The fourth-order valence-electron chi connectivity index (χ4n) is 3.76. The van der Waals surface area contributed by atoms with Crippen LogP contribution in [-0.4, -0.2) is 56.6 Å². The first-order valence-electron chi connectivity index (χ1n) is 10.3. The van der Waals surface area contributed by atoms with Crippen LogP contribution in [0.1, 0.15) is 35.8 Å². The monoisotopic (exact) mass is 423 g/mol. The summed E-state index contributed by atoms with van der Waals surface area (Å²) in [5.41, 5.74) is 1.34. The van der Waals surface area contributed by atoms with Crippen LogP contribution in [0.2, 0.25) is 0 Å². The summed E-state index contributed by atoms with van der Waals surface area (Å²) in [6.45, 7) is 5.47. The molecule has 0 radical (unpaired) electrons. The van der Waals surface area contributed by atoms with Crippen LogP contribution in [-0.2, 0) is 6.54 Å². The summed E-state index contributed by atoms with van der Waals surface area (Å²) in [7, 11) is 1.50. The summed E-state index contributed by atoms with van der Waals surface area (Å²) in [6, 6.07) is 5.47. The fourth-order valence-corrected chi connectivity index (χ4v) is 3.76. The highest BCUT2D eigenvalue weighted by molar-refractivity contribution is 5.97. The minimum atomic E-state index is -0.274. The zero-order chi connectivity index (χ0) is 22.0. The van der Waals surface area contributed by atoms with Crippen LogP contribution < -0.4 is 14.9 Å². The molecular formula is C22H25N5O4. The molecule has 0 atom stereocenters. The number of ether oxygens (including phenoxy) is 2. The van der Waals surface area contributed by atoms with Crippen molar-refractivity contribution < 1.29 is 14.3 Å². The van der Waals surface area contributed by atoms with E-state index in [0.29, 0.717) is 49.4 Å². The molecule has 0 aliphatic carbocycles. The Morgan fingerprint density at radius 1 is 1.19 bits per heavy atom. The molecule has 1 saturated heterocycles. The molecule has 9 nitrogen and oxygen atoms in total. The highest BCUT2D eigenvalue weighted by Crippen LogP contribution is 2.20. The van der Waals surface area contributed by atoms with Gasteiger partial charge in [-0.1, -0.05) is 0 Å². The second kappa shape index (κ2) is 8.71. The first kappa shape index (κ1) is 20.8. The van der Waals surface area contributed by atoms with Gasteiger partial charge in [-0.05, 0) is 26.0 Å². The van der Waals surface area contributed by atoms with E-state index in [0.717, 1.165) is 5.69 Å². The third kappa shape index (κ3) is 4.21. The van der Waals surface area contributed by atoms with Gasteiger partial charge in [-0.15, -0.1) is 0 Å². The van der Waals surface area contributed by atoms with Gasteiger partial charge in [0.1, 0.15) is 17.3 Å². The summed E-state index contributed by atoms with van der Waals surface area (Å²) in [5, 5.41) is 0.467. The highest BCUT2D eigenvalue weighted by atomic mass is 16.5. The Kier molecular flexibility index (Phi) is 5.83. The highest BCUT2D eigenvalue weighted by Gasteiger charge is 2.27. The van der Waals surface area contributed by atoms with Gasteiger partial charge >= 0.3 is 6.01 Å². The van der Waals surface area contributed by atoms with E-state index in [4.69, 9.17) is 9.47 Å². The first-order valence-corrected chi connectivity index (χ1v) is 10.3. The Bertz CT molecular complexity index is 1170. The van der Waals surface area contributed by atoms with Crippen LogP contribution >= 0.6 is 0 Å². The normalized spacial score (nSPS) is 14.6. The second-order valence-electron chi connectivity index (χ2n) is 7.47. The van der Waals surface area contributed by atoms with Crippen LogP contribution in [0.25, 0.3) is 11.0 Å². The van der Waals surface area contributed by atoms with Crippen molar-refractivity contribution in [2.24, 2.45) is 0 Å². The van der Waals surface area contributed by atoms with Crippen LogP contribution in [0.5, 0.6) is 11.9 Å². The van der Waals surface area contributed by atoms with E-state index in [1.807, 2.05) is 18.4 Å². The molecule has 0 spiro atoms. The predicted molar refractivity (Wildman–Crippen MR) is 115 cm³/mol. The molecular weight excluding hydrogens is 398 g/mol. The number of aryl methyl sites for hydroxylation is 2. The fraction of sp³-hybridized carbons (Fsp3) is 0.409. The minimum absolute atomic E-state index is 0.0697. The lowest BCUT2D eigenvalue weighted by Crippen LogP contribution is -2.43. The van der Waals surface area contributed by atoms with Crippen LogP contribution in [0.15, 0.2) is 35.4 Å². The SMILES string of the molecule is CCn1cc(C(=O)N2CCC(Oc3ccnc(OC)n3)CC2)c(=O)c2ccc(C)nc21. The molecule has 1 amide bonds. The lowest BCUT2D eigenvalue weighted by Gasteiger charge is -2.32. The number of pyridine rings is 2. The van der Waals surface area contributed by atoms with Crippen molar-refractivity contribution in [3.8, 4) is 11.9 Å². The molecule has 3 aromatic heterocycles. The molecule has 1 aliphatic heterocycles. The van der Waals surface area contributed by atoms with Crippen LogP contribution in [0.3, 0.4) is 0 Å². The number of piperidine rings is 1. The Morgan fingerprint density at radius 2 is 1.97 bits per heavy atom. The maximum absolute atomic E-state index is 13.2. The third-order valence-electron chi connectivity index (χ3n) is 5.44. The number of carbonyl (C=O) groups excluding carboxylic acids is 1. The summed E-state index contributed by atoms with van der Waals surface area (Å²) in [6.07, 6.45) is 4.44. The van der Waals surface area contributed by atoms with E-state index in [1.54, 1.807) is 35.5 Å². The van der Waals surface area contributed by atoms with E-state index >= 15 is 0 Å². The van der Waals surface area contributed by atoms with E-state index in [-0.39, 0.29) is 29.0 Å². The molecule has 0 unspecified atom stereocenters. The number of hydrogen-bond acceptors (Lipinski definition) is 7. The van der Waals surface area contributed by atoms with E-state index in [9.17, 15) is 9.59 Å². The van der Waals surface area contributed by atoms with Crippen molar-refractivity contribution in [2.45, 2.75) is 39.3 Å². The molecule has 4 heterocycles. The number of methoxy groups -OCH3 is 1. The molecule has 0 N–H and O–H groups in total. The van der Waals surface area contributed by atoms with E-state index < -0.39 is 0 Å². The van der Waals surface area contributed by atoms with E-state index in [1.165, 1.54) is 7.11 Å². The Balaban J connectivity index is 1.50. The number of hydrogen-bond donors (Lipinski definition) is 0. The van der Waals surface area contributed by atoms with Gasteiger partial charge in [0.15, 0.2) is 0 Å². The minimum Gasteiger partial charge on any atom is -0.474 e. The standard InChI is InChI=1S/C22H25N5O4/c1-4-26-13-17(19(28)16-6-5-14(2)24-20(16)26)21(29)27-11-8-15(9-12-27)31-18-7-10-23-22(25-18)30-3/h5-7,10,13,15H,4,8-9,11-12H2,1-3H3. The van der Waals surface area contributed by atoms with Crippen molar-refractivity contribution >= 4 is 16.9 Å². The summed E-state index contributed by atoms with van der Waals surface area (Å²) in [4.78, 5) is 40.5. The topological polar surface area (TPSA) is 99.4 Å². The average molecular weight is 423 g/mol. The van der Waals surface area contributed by atoms with Gasteiger partial charge in [0, 0.05) is 56.6 Å². The Morgan fingerprint density at radius 3 is 2.68 bits per heavy atom. The number of aromatic nitrogens is 4. The lowest BCUT2D eigenvalue weighted by atomic mass is 10.1. The smallest absolute Gasteiger partial charge is 0.319 e. The lowest BCUT2D eigenvalue weighted by molar-refractivity contribution is 0.0585. The van der Waals surface area contributed by atoms with Gasteiger partial charge in [0.2, 0.25) is 11.3 Å². The average Bonchev–Trinajstić information content (AvgIpc) is 2.79. The molecule has 1 fully saturated rings. The summed E-state index contributed by atoms with van der Waals surface area (Å²) >= 11 is 0.